The van der Waals surface area contributed by atoms with Gasteiger partial charge in [0.1, 0.15) is 0 Å². The van der Waals surface area contributed by atoms with Crippen LogP contribution >= 0.6 is 0 Å². The molecule has 0 aromatic carbocycles. The molecular weight excluding hydrogens is 346 g/mol. The van der Waals surface area contributed by atoms with Crippen molar-refractivity contribution in [2.45, 2.75) is 52.9 Å². The van der Waals surface area contributed by atoms with E-state index in [0.29, 0.717) is 13.1 Å². The number of carboxylic acids is 1. The van der Waals surface area contributed by atoms with Crippen molar-refractivity contribution in [2.75, 3.05) is 32.7 Å². The number of hydrogen-bond acceptors (Lipinski definition) is 4. The molecule has 2 heterocycles. The van der Waals surface area contributed by atoms with Crippen molar-refractivity contribution >= 4 is 17.8 Å². The quantitative estimate of drug-likeness (QED) is 0.727. The molecule has 0 aromatic heterocycles. The van der Waals surface area contributed by atoms with Crippen LogP contribution in [0.3, 0.4) is 0 Å². The van der Waals surface area contributed by atoms with Crippen LogP contribution in [0, 0.1) is 23.2 Å². The normalized spacial score (nSPS) is 25.4. The standard InChI is InChI=1S/C20H35N3O4/c1-20(2,3)19(27)23-11-7-15(12-17(24)25)16(13-23)6-10-22-8-4-14(5-9-22)18(21)26/h14-16H,4-13H2,1-3H3,(H2,21,26)(H,24,25). The highest BCUT2D eigenvalue weighted by atomic mass is 16.4. The second-order valence-electron chi connectivity index (χ2n) is 9.21. The van der Waals surface area contributed by atoms with Crippen molar-refractivity contribution in [1.82, 2.24) is 9.80 Å². The molecule has 0 aliphatic carbocycles. The van der Waals surface area contributed by atoms with E-state index in [-0.39, 0.29) is 36.0 Å². The molecule has 2 atom stereocenters. The number of likely N-dealkylation sites (tertiary alicyclic amines) is 2. The summed E-state index contributed by atoms with van der Waals surface area (Å²) in [4.78, 5) is 39.5. The van der Waals surface area contributed by atoms with Crippen LogP contribution in [0.5, 0.6) is 0 Å². The molecule has 0 aromatic rings. The fraction of sp³-hybridized carbons (Fsp3) is 0.850. The number of nitrogens with two attached hydrogens (primary N) is 1. The number of carbonyl (C=O) groups excluding carboxylic acids is 2. The summed E-state index contributed by atoms with van der Waals surface area (Å²) in [5.74, 6) is -0.522. The van der Waals surface area contributed by atoms with Gasteiger partial charge >= 0.3 is 5.97 Å². The van der Waals surface area contributed by atoms with E-state index in [1.54, 1.807) is 0 Å². The molecule has 0 bridgehead atoms. The van der Waals surface area contributed by atoms with E-state index in [1.165, 1.54) is 0 Å². The van der Waals surface area contributed by atoms with Crippen molar-refractivity contribution in [3.05, 3.63) is 0 Å². The van der Waals surface area contributed by atoms with Gasteiger partial charge in [-0.05, 0) is 57.2 Å². The number of hydrogen-bond donors (Lipinski definition) is 2. The Morgan fingerprint density at radius 1 is 1.04 bits per heavy atom. The first-order valence-electron chi connectivity index (χ1n) is 10.1. The molecule has 27 heavy (non-hydrogen) atoms. The molecular formula is C20H35N3O4. The van der Waals surface area contributed by atoms with Gasteiger partial charge in [-0.1, -0.05) is 20.8 Å². The molecule has 2 aliphatic rings. The summed E-state index contributed by atoms with van der Waals surface area (Å²) in [7, 11) is 0. The first-order valence-corrected chi connectivity index (χ1v) is 10.1. The summed E-state index contributed by atoms with van der Waals surface area (Å²) < 4.78 is 0. The molecule has 7 heteroatoms. The first-order chi connectivity index (χ1) is 12.6. The van der Waals surface area contributed by atoms with Crippen molar-refractivity contribution in [3.8, 4) is 0 Å². The maximum absolute atomic E-state index is 12.7. The first kappa shape index (κ1) is 21.7. The molecule has 2 fully saturated rings. The number of rotatable bonds is 6. The van der Waals surface area contributed by atoms with E-state index in [4.69, 9.17) is 5.73 Å². The summed E-state index contributed by atoms with van der Waals surface area (Å²) in [6.45, 7) is 9.66. The predicted molar refractivity (Wildman–Crippen MR) is 103 cm³/mol. The topological polar surface area (TPSA) is 104 Å². The van der Waals surface area contributed by atoms with Crippen molar-refractivity contribution in [3.63, 3.8) is 0 Å². The molecule has 3 N–H and O–H groups in total. The number of carbonyl (C=O) groups is 3. The van der Waals surface area contributed by atoms with Crippen LogP contribution in [-0.4, -0.2) is 65.4 Å². The zero-order chi connectivity index (χ0) is 20.2. The van der Waals surface area contributed by atoms with E-state index >= 15 is 0 Å². The average Bonchev–Trinajstić information content (AvgIpc) is 2.59. The minimum absolute atomic E-state index is 0.0180. The third-order valence-corrected chi connectivity index (χ3v) is 6.06. The number of aliphatic carboxylic acids is 1. The number of primary amides is 1. The van der Waals surface area contributed by atoms with E-state index in [9.17, 15) is 19.5 Å². The minimum Gasteiger partial charge on any atom is -0.481 e. The monoisotopic (exact) mass is 381 g/mol. The van der Waals surface area contributed by atoms with Gasteiger partial charge in [-0.2, -0.15) is 0 Å². The van der Waals surface area contributed by atoms with E-state index in [2.05, 4.69) is 4.90 Å². The Morgan fingerprint density at radius 2 is 1.67 bits per heavy atom. The molecule has 2 unspecified atom stereocenters. The van der Waals surface area contributed by atoms with Gasteiger partial charge in [0.2, 0.25) is 11.8 Å². The molecule has 2 rings (SSSR count). The lowest BCUT2D eigenvalue weighted by Crippen LogP contribution is -2.49. The van der Waals surface area contributed by atoms with Gasteiger partial charge < -0.3 is 20.6 Å². The van der Waals surface area contributed by atoms with Crippen LogP contribution in [0.2, 0.25) is 0 Å². The highest BCUT2D eigenvalue weighted by molar-refractivity contribution is 5.81. The maximum Gasteiger partial charge on any atom is 0.303 e. The highest BCUT2D eigenvalue weighted by Crippen LogP contribution is 2.32. The average molecular weight is 382 g/mol. The van der Waals surface area contributed by atoms with Crippen LogP contribution in [0.25, 0.3) is 0 Å². The Morgan fingerprint density at radius 3 is 2.19 bits per heavy atom. The van der Waals surface area contributed by atoms with Crippen LogP contribution in [0.4, 0.5) is 0 Å². The smallest absolute Gasteiger partial charge is 0.303 e. The zero-order valence-electron chi connectivity index (χ0n) is 16.9. The number of nitrogens with zero attached hydrogens (tertiary/aromatic N) is 2. The molecule has 0 radical (unpaired) electrons. The molecule has 0 saturated carbocycles. The SMILES string of the molecule is CC(C)(C)C(=O)N1CCC(CC(=O)O)C(CCN2CCC(C(N)=O)CC2)C1. The van der Waals surface area contributed by atoms with Gasteiger partial charge in [-0.3, -0.25) is 14.4 Å². The fourth-order valence-electron chi connectivity index (χ4n) is 4.35. The maximum atomic E-state index is 12.7. The van der Waals surface area contributed by atoms with Gasteiger partial charge in [-0.25, -0.2) is 0 Å². The summed E-state index contributed by atoms with van der Waals surface area (Å²) in [5, 5.41) is 9.25. The van der Waals surface area contributed by atoms with Crippen LogP contribution in [-0.2, 0) is 14.4 Å². The number of amides is 2. The van der Waals surface area contributed by atoms with Gasteiger partial charge in [0, 0.05) is 30.8 Å². The predicted octanol–water partition coefficient (Wildman–Crippen LogP) is 1.56. The Bertz CT molecular complexity index is 550. The lowest BCUT2D eigenvalue weighted by Gasteiger charge is -2.41. The van der Waals surface area contributed by atoms with Crippen LogP contribution in [0.1, 0.15) is 52.9 Å². The fourth-order valence-corrected chi connectivity index (χ4v) is 4.35. The zero-order valence-corrected chi connectivity index (χ0v) is 16.9. The molecule has 2 amide bonds. The van der Waals surface area contributed by atoms with Crippen molar-refractivity contribution in [1.29, 1.82) is 0 Å². The second kappa shape index (κ2) is 9.04. The lowest BCUT2D eigenvalue weighted by molar-refractivity contribution is -0.143. The van der Waals surface area contributed by atoms with Crippen LogP contribution < -0.4 is 5.73 Å². The van der Waals surface area contributed by atoms with Gasteiger partial charge in [0.25, 0.3) is 0 Å². The molecule has 2 saturated heterocycles. The van der Waals surface area contributed by atoms with E-state index in [0.717, 1.165) is 45.3 Å². The Hall–Kier alpha value is -1.63. The number of carboxylic acid groups (broad SMARTS) is 1. The number of piperidine rings is 2. The van der Waals surface area contributed by atoms with Crippen molar-refractivity contribution in [2.24, 2.45) is 28.9 Å². The minimum atomic E-state index is -0.761. The summed E-state index contributed by atoms with van der Waals surface area (Å²) in [5.41, 5.74) is 4.98. The Kier molecular flexibility index (Phi) is 7.25. The molecule has 154 valence electrons. The van der Waals surface area contributed by atoms with E-state index < -0.39 is 11.4 Å². The summed E-state index contributed by atoms with van der Waals surface area (Å²) in [6, 6.07) is 0. The molecule has 7 nitrogen and oxygen atoms in total. The van der Waals surface area contributed by atoms with Gasteiger partial charge in [0.15, 0.2) is 0 Å². The Balaban J connectivity index is 1.93. The third kappa shape index (κ3) is 6.19. The highest BCUT2D eigenvalue weighted by Gasteiger charge is 2.36. The second-order valence-corrected chi connectivity index (χ2v) is 9.21. The van der Waals surface area contributed by atoms with Crippen molar-refractivity contribution < 1.29 is 19.5 Å². The van der Waals surface area contributed by atoms with Gasteiger partial charge in [0.05, 0.1) is 0 Å². The van der Waals surface area contributed by atoms with E-state index in [1.807, 2.05) is 25.7 Å². The summed E-state index contributed by atoms with van der Waals surface area (Å²) >= 11 is 0. The molecule has 0 spiro atoms. The Labute approximate surface area is 162 Å². The largest absolute Gasteiger partial charge is 0.481 e. The van der Waals surface area contributed by atoms with Gasteiger partial charge in [-0.15, -0.1) is 0 Å². The molecule has 2 aliphatic heterocycles. The van der Waals surface area contributed by atoms with Crippen LogP contribution in [0.15, 0.2) is 0 Å². The summed E-state index contributed by atoms with van der Waals surface area (Å²) in [6.07, 6.45) is 3.40. The third-order valence-electron chi connectivity index (χ3n) is 6.06. The lowest BCUT2D eigenvalue weighted by atomic mass is 9.80.